The summed E-state index contributed by atoms with van der Waals surface area (Å²) < 4.78 is 5.28. The molecule has 5 nitrogen and oxygen atoms in total. The second-order valence-corrected chi connectivity index (χ2v) is 5.40. The van der Waals surface area contributed by atoms with Crippen LogP contribution in [0.3, 0.4) is 0 Å². The van der Waals surface area contributed by atoms with Crippen LogP contribution in [-0.2, 0) is 0 Å². The van der Waals surface area contributed by atoms with Crippen LogP contribution in [-0.4, -0.2) is 24.5 Å². The number of rotatable bonds is 7. The molecule has 0 bridgehead atoms. The molecule has 0 saturated carbocycles. The standard InChI is InChI=1S/C18H23N3O2/c1-4-5-8-20-15-10-14(11-19-12-15)18(22)21-16-9-13(2)6-7-17(16)23-3/h6-7,9-12,20H,4-5,8H2,1-3H3,(H,21,22). The van der Waals surface area contributed by atoms with E-state index in [2.05, 4.69) is 22.5 Å². The zero-order valence-electron chi connectivity index (χ0n) is 13.8. The predicted molar refractivity (Wildman–Crippen MR) is 93.3 cm³/mol. The van der Waals surface area contributed by atoms with E-state index in [1.165, 1.54) is 0 Å². The average molecular weight is 313 g/mol. The number of hydrogen-bond donors (Lipinski definition) is 2. The van der Waals surface area contributed by atoms with Crippen molar-refractivity contribution in [3.05, 3.63) is 47.8 Å². The van der Waals surface area contributed by atoms with Gasteiger partial charge in [-0.25, -0.2) is 0 Å². The molecule has 0 spiro atoms. The Morgan fingerprint density at radius 1 is 1.26 bits per heavy atom. The van der Waals surface area contributed by atoms with Crippen LogP contribution in [0.25, 0.3) is 0 Å². The van der Waals surface area contributed by atoms with Gasteiger partial charge in [0, 0.05) is 18.9 Å². The molecular weight excluding hydrogens is 290 g/mol. The molecule has 1 aromatic heterocycles. The van der Waals surface area contributed by atoms with E-state index >= 15 is 0 Å². The number of anilines is 2. The second-order valence-electron chi connectivity index (χ2n) is 5.40. The lowest BCUT2D eigenvalue weighted by Crippen LogP contribution is -2.14. The summed E-state index contributed by atoms with van der Waals surface area (Å²) in [5.74, 6) is 0.426. The minimum Gasteiger partial charge on any atom is -0.495 e. The number of carbonyl (C=O) groups is 1. The summed E-state index contributed by atoms with van der Waals surface area (Å²) in [5.41, 5.74) is 3.06. The molecule has 0 aliphatic rings. The number of methoxy groups -OCH3 is 1. The Kier molecular flexibility index (Phi) is 5.97. The summed E-state index contributed by atoms with van der Waals surface area (Å²) in [6.45, 7) is 4.98. The van der Waals surface area contributed by atoms with E-state index in [1.54, 1.807) is 25.6 Å². The maximum atomic E-state index is 12.4. The van der Waals surface area contributed by atoms with E-state index < -0.39 is 0 Å². The lowest BCUT2D eigenvalue weighted by atomic mass is 10.2. The van der Waals surface area contributed by atoms with E-state index in [9.17, 15) is 4.79 Å². The smallest absolute Gasteiger partial charge is 0.257 e. The van der Waals surface area contributed by atoms with Crippen LogP contribution < -0.4 is 15.4 Å². The fraction of sp³-hybridized carbons (Fsp3) is 0.333. The van der Waals surface area contributed by atoms with E-state index in [-0.39, 0.29) is 5.91 Å². The van der Waals surface area contributed by atoms with Gasteiger partial charge in [0.1, 0.15) is 5.75 Å². The molecule has 0 saturated heterocycles. The molecule has 0 aliphatic carbocycles. The molecule has 23 heavy (non-hydrogen) atoms. The fourth-order valence-corrected chi connectivity index (χ4v) is 2.18. The molecule has 1 aromatic carbocycles. The first-order valence-corrected chi connectivity index (χ1v) is 7.79. The van der Waals surface area contributed by atoms with E-state index in [4.69, 9.17) is 4.74 Å². The minimum absolute atomic E-state index is 0.208. The highest BCUT2D eigenvalue weighted by molar-refractivity contribution is 6.05. The van der Waals surface area contributed by atoms with Crippen LogP contribution >= 0.6 is 0 Å². The topological polar surface area (TPSA) is 63.2 Å². The van der Waals surface area contributed by atoms with Gasteiger partial charge in [0.05, 0.1) is 24.0 Å². The van der Waals surface area contributed by atoms with Crippen LogP contribution in [0.15, 0.2) is 36.7 Å². The Morgan fingerprint density at radius 2 is 2.09 bits per heavy atom. The summed E-state index contributed by atoms with van der Waals surface area (Å²) >= 11 is 0. The molecular formula is C18H23N3O2. The molecule has 2 N–H and O–H groups in total. The van der Waals surface area contributed by atoms with Crippen molar-refractivity contribution in [2.45, 2.75) is 26.7 Å². The van der Waals surface area contributed by atoms with Crippen LogP contribution in [0, 0.1) is 6.92 Å². The Morgan fingerprint density at radius 3 is 2.83 bits per heavy atom. The molecule has 2 aromatic rings. The van der Waals surface area contributed by atoms with Crippen LogP contribution in [0.1, 0.15) is 35.7 Å². The number of pyridine rings is 1. The number of amides is 1. The fourth-order valence-electron chi connectivity index (χ4n) is 2.18. The molecule has 122 valence electrons. The molecule has 0 fully saturated rings. The SMILES string of the molecule is CCCCNc1cncc(C(=O)Nc2cc(C)ccc2OC)c1. The molecule has 1 heterocycles. The quantitative estimate of drug-likeness (QED) is 0.762. The Labute approximate surface area is 137 Å². The number of benzene rings is 1. The predicted octanol–water partition coefficient (Wildman–Crippen LogP) is 3.86. The molecule has 0 unspecified atom stereocenters. The normalized spacial score (nSPS) is 10.2. The highest BCUT2D eigenvalue weighted by Crippen LogP contribution is 2.25. The first-order chi connectivity index (χ1) is 11.1. The van der Waals surface area contributed by atoms with Gasteiger partial charge in [0.25, 0.3) is 5.91 Å². The van der Waals surface area contributed by atoms with Gasteiger partial charge < -0.3 is 15.4 Å². The lowest BCUT2D eigenvalue weighted by Gasteiger charge is -2.12. The number of nitrogens with one attached hydrogen (secondary N) is 2. The number of unbranched alkanes of at least 4 members (excludes halogenated alkanes) is 1. The maximum absolute atomic E-state index is 12.4. The Bertz CT molecular complexity index is 671. The zero-order valence-corrected chi connectivity index (χ0v) is 13.8. The van der Waals surface area contributed by atoms with Gasteiger partial charge in [-0.15, -0.1) is 0 Å². The van der Waals surface area contributed by atoms with Gasteiger partial charge in [-0.2, -0.15) is 0 Å². The van der Waals surface area contributed by atoms with Crippen molar-refractivity contribution in [2.75, 3.05) is 24.3 Å². The summed E-state index contributed by atoms with van der Waals surface area (Å²) in [6, 6.07) is 7.47. The van der Waals surface area contributed by atoms with Gasteiger partial charge in [-0.05, 0) is 37.1 Å². The van der Waals surface area contributed by atoms with E-state index in [0.29, 0.717) is 17.0 Å². The number of ether oxygens (including phenoxy) is 1. The number of aryl methyl sites for hydroxylation is 1. The van der Waals surface area contributed by atoms with Crippen molar-refractivity contribution >= 4 is 17.3 Å². The number of nitrogens with zero attached hydrogens (tertiary/aromatic N) is 1. The van der Waals surface area contributed by atoms with Crippen molar-refractivity contribution in [1.82, 2.24) is 4.98 Å². The van der Waals surface area contributed by atoms with Crippen LogP contribution in [0.4, 0.5) is 11.4 Å². The molecule has 1 amide bonds. The third kappa shape index (κ3) is 4.71. The van der Waals surface area contributed by atoms with Crippen molar-refractivity contribution in [3.8, 4) is 5.75 Å². The summed E-state index contributed by atoms with van der Waals surface area (Å²) in [6.07, 6.45) is 5.48. The zero-order chi connectivity index (χ0) is 16.7. The number of carbonyl (C=O) groups excluding carboxylic acids is 1. The number of aromatic nitrogens is 1. The largest absolute Gasteiger partial charge is 0.495 e. The monoisotopic (exact) mass is 313 g/mol. The molecule has 5 heteroatoms. The van der Waals surface area contributed by atoms with Crippen molar-refractivity contribution in [3.63, 3.8) is 0 Å². The Balaban J connectivity index is 2.11. The third-order valence-corrected chi connectivity index (χ3v) is 3.46. The summed E-state index contributed by atoms with van der Waals surface area (Å²) in [7, 11) is 1.58. The van der Waals surface area contributed by atoms with Gasteiger partial charge in [-0.3, -0.25) is 9.78 Å². The number of hydrogen-bond acceptors (Lipinski definition) is 4. The van der Waals surface area contributed by atoms with Gasteiger partial charge >= 0.3 is 0 Å². The summed E-state index contributed by atoms with van der Waals surface area (Å²) in [4.78, 5) is 16.6. The lowest BCUT2D eigenvalue weighted by molar-refractivity contribution is 0.102. The first-order valence-electron chi connectivity index (χ1n) is 7.79. The van der Waals surface area contributed by atoms with Crippen molar-refractivity contribution in [2.24, 2.45) is 0 Å². The van der Waals surface area contributed by atoms with E-state index in [0.717, 1.165) is 30.6 Å². The van der Waals surface area contributed by atoms with E-state index in [1.807, 2.05) is 25.1 Å². The molecule has 2 rings (SSSR count). The second kappa shape index (κ2) is 8.17. The van der Waals surface area contributed by atoms with Crippen molar-refractivity contribution < 1.29 is 9.53 Å². The third-order valence-electron chi connectivity index (χ3n) is 3.46. The highest BCUT2D eigenvalue weighted by atomic mass is 16.5. The maximum Gasteiger partial charge on any atom is 0.257 e. The molecule has 0 aliphatic heterocycles. The highest BCUT2D eigenvalue weighted by Gasteiger charge is 2.11. The van der Waals surface area contributed by atoms with Gasteiger partial charge in [0.15, 0.2) is 0 Å². The summed E-state index contributed by atoms with van der Waals surface area (Å²) in [5, 5.41) is 6.15. The first kappa shape index (κ1) is 16.8. The van der Waals surface area contributed by atoms with Crippen LogP contribution in [0.2, 0.25) is 0 Å². The molecule has 0 atom stereocenters. The van der Waals surface area contributed by atoms with Gasteiger partial charge in [0.2, 0.25) is 0 Å². The van der Waals surface area contributed by atoms with Gasteiger partial charge in [-0.1, -0.05) is 19.4 Å². The minimum atomic E-state index is -0.208. The average Bonchev–Trinajstić information content (AvgIpc) is 2.55. The molecule has 0 radical (unpaired) electrons. The van der Waals surface area contributed by atoms with Crippen molar-refractivity contribution in [1.29, 1.82) is 0 Å². The Hall–Kier alpha value is -2.56. The van der Waals surface area contributed by atoms with Crippen LogP contribution in [0.5, 0.6) is 5.75 Å².